The Morgan fingerprint density at radius 1 is 0.429 bits per heavy atom. The molecule has 0 saturated heterocycles. The lowest BCUT2D eigenvalue weighted by molar-refractivity contribution is 0.481. The van der Waals surface area contributed by atoms with E-state index in [4.69, 9.17) is 0 Å². The molecule has 0 atom stereocenters. The summed E-state index contributed by atoms with van der Waals surface area (Å²) in [6.45, 7) is 0. The zero-order valence-corrected chi connectivity index (χ0v) is 18.9. The summed E-state index contributed by atoms with van der Waals surface area (Å²) in [6.07, 6.45) is 0. The third-order valence-corrected chi connectivity index (χ3v) is 7.53. The van der Waals surface area contributed by atoms with Crippen LogP contribution in [0.3, 0.4) is 0 Å². The Morgan fingerprint density at radius 2 is 0.886 bits per heavy atom. The molecule has 1 aliphatic carbocycles. The number of aromatic hydroxyl groups is 2. The Kier molecular flexibility index (Phi) is 4.10. The van der Waals surface area contributed by atoms with Crippen LogP contribution in [0.5, 0.6) is 11.5 Å². The van der Waals surface area contributed by atoms with E-state index in [0.717, 1.165) is 32.7 Å². The van der Waals surface area contributed by atoms with Crippen LogP contribution in [-0.2, 0) is 5.41 Å². The molecule has 166 valence electrons. The summed E-state index contributed by atoms with van der Waals surface area (Å²) in [5.74, 6) is 0.577. The molecule has 0 amide bonds. The largest absolute Gasteiger partial charge is 0.507 e. The van der Waals surface area contributed by atoms with E-state index in [0.29, 0.717) is 0 Å². The van der Waals surface area contributed by atoms with Crippen molar-refractivity contribution in [1.82, 2.24) is 0 Å². The minimum Gasteiger partial charge on any atom is -0.507 e. The van der Waals surface area contributed by atoms with E-state index in [2.05, 4.69) is 84.9 Å². The van der Waals surface area contributed by atoms with E-state index in [-0.39, 0.29) is 11.5 Å². The van der Waals surface area contributed by atoms with Gasteiger partial charge in [0.25, 0.3) is 0 Å². The molecule has 0 unspecified atom stereocenters. The summed E-state index contributed by atoms with van der Waals surface area (Å²) >= 11 is 0. The molecule has 7 rings (SSSR count). The van der Waals surface area contributed by atoms with Gasteiger partial charge in [-0.2, -0.15) is 0 Å². The van der Waals surface area contributed by atoms with Crippen molar-refractivity contribution in [2.24, 2.45) is 0 Å². The lowest BCUT2D eigenvalue weighted by Gasteiger charge is -2.34. The summed E-state index contributed by atoms with van der Waals surface area (Å²) < 4.78 is 0. The maximum atomic E-state index is 10.4. The average molecular weight is 451 g/mol. The van der Waals surface area contributed by atoms with Crippen LogP contribution in [0, 0.1) is 0 Å². The second kappa shape index (κ2) is 7.22. The third kappa shape index (κ3) is 2.65. The van der Waals surface area contributed by atoms with Gasteiger partial charge >= 0.3 is 0 Å². The fraction of sp³-hybridized carbons (Fsp3) is 0.0303. The first-order valence-corrected chi connectivity index (χ1v) is 11.8. The highest BCUT2D eigenvalue weighted by Crippen LogP contribution is 2.56. The summed E-state index contributed by atoms with van der Waals surface area (Å²) in [5.41, 5.74) is 6.69. The van der Waals surface area contributed by atoms with E-state index in [1.54, 1.807) is 12.1 Å². The number of hydrogen-bond acceptors (Lipinski definition) is 2. The number of phenolic OH excluding ortho intramolecular Hbond substituents is 2. The van der Waals surface area contributed by atoms with Gasteiger partial charge in [-0.25, -0.2) is 0 Å². The van der Waals surface area contributed by atoms with Crippen LogP contribution in [0.2, 0.25) is 0 Å². The highest BCUT2D eigenvalue weighted by molar-refractivity contribution is 5.94. The van der Waals surface area contributed by atoms with Gasteiger partial charge in [-0.15, -0.1) is 0 Å². The molecule has 2 nitrogen and oxygen atoms in total. The van der Waals surface area contributed by atoms with Crippen molar-refractivity contribution in [3.8, 4) is 22.6 Å². The van der Waals surface area contributed by atoms with Gasteiger partial charge in [-0.3, -0.25) is 0 Å². The molecule has 2 heteroatoms. The highest BCUT2D eigenvalue weighted by Gasteiger charge is 2.46. The predicted octanol–water partition coefficient (Wildman–Crippen LogP) is 7.77. The van der Waals surface area contributed by atoms with E-state index in [1.807, 2.05) is 24.3 Å². The van der Waals surface area contributed by atoms with E-state index < -0.39 is 5.41 Å². The van der Waals surface area contributed by atoms with Gasteiger partial charge in [0.1, 0.15) is 11.5 Å². The lowest BCUT2D eigenvalue weighted by atomic mass is 9.67. The molecule has 0 bridgehead atoms. The molecule has 6 aromatic carbocycles. The molecular weight excluding hydrogens is 428 g/mol. The fourth-order valence-electron chi connectivity index (χ4n) is 6.02. The molecule has 1 aliphatic rings. The van der Waals surface area contributed by atoms with Crippen molar-refractivity contribution >= 4 is 21.5 Å². The maximum absolute atomic E-state index is 10.4. The summed E-state index contributed by atoms with van der Waals surface area (Å²) in [6, 6.07) is 41.4. The van der Waals surface area contributed by atoms with E-state index in [1.165, 1.54) is 22.3 Å². The fourth-order valence-corrected chi connectivity index (χ4v) is 6.02. The Balaban J connectivity index is 1.64. The van der Waals surface area contributed by atoms with Crippen LogP contribution in [0.15, 0.2) is 121 Å². The SMILES string of the molecule is Oc1cccc2cc(C3(c4ccc5c(O)cccc5c4)c4ccccc4-c4ccccc43)ccc12. The third-order valence-electron chi connectivity index (χ3n) is 7.53. The van der Waals surface area contributed by atoms with Crippen LogP contribution in [0.1, 0.15) is 22.3 Å². The van der Waals surface area contributed by atoms with Gasteiger partial charge in [-0.05, 0) is 68.4 Å². The number of hydrogen-bond donors (Lipinski definition) is 2. The molecule has 6 aromatic rings. The smallest absolute Gasteiger partial charge is 0.123 e. The van der Waals surface area contributed by atoms with Gasteiger partial charge in [0.2, 0.25) is 0 Å². The van der Waals surface area contributed by atoms with Crippen molar-refractivity contribution in [3.63, 3.8) is 0 Å². The molecule has 0 fully saturated rings. The number of fused-ring (bicyclic) bond motifs is 5. The zero-order chi connectivity index (χ0) is 23.6. The van der Waals surface area contributed by atoms with E-state index in [9.17, 15) is 10.2 Å². The topological polar surface area (TPSA) is 40.5 Å². The molecule has 2 N–H and O–H groups in total. The molecule has 0 aliphatic heterocycles. The van der Waals surface area contributed by atoms with Gasteiger partial charge in [-0.1, -0.05) is 97.1 Å². The Morgan fingerprint density at radius 3 is 1.37 bits per heavy atom. The average Bonchev–Trinajstić information content (AvgIpc) is 3.20. The molecule has 35 heavy (non-hydrogen) atoms. The Labute approximate surface area is 203 Å². The minimum atomic E-state index is -0.535. The van der Waals surface area contributed by atoms with E-state index >= 15 is 0 Å². The second-order valence-electron chi connectivity index (χ2n) is 9.27. The second-order valence-corrected chi connectivity index (χ2v) is 9.27. The zero-order valence-electron chi connectivity index (χ0n) is 18.9. The maximum Gasteiger partial charge on any atom is 0.123 e. The number of rotatable bonds is 2. The molecule has 0 saturated carbocycles. The molecule has 0 radical (unpaired) electrons. The highest BCUT2D eigenvalue weighted by atomic mass is 16.3. The predicted molar refractivity (Wildman–Crippen MR) is 142 cm³/mol. The molecule has 0 heterocycles. The summed E-state index contributed by atoms with van der Waals surface area (Å²) in [5, 5.41) is 24.6. The van der Waals surface area contributed by atoms with Crippen molar-refractivity contribution in [2.45, 2.75) is 5.41 Å². The van der Waals surface area contributed by atoms with Crippen LogP contribution < -0.4 is 0 Å². The molecular formula is C33H22O2. The normalized spacial score (nSPS) is 13.6. The van der Waals surface area contributed by atoms with Gasteiger partial charge in [0.05, 0.1) is 5.41 Å². The van der Waals surface area contributed by atoms with Crippen molar-refractivity contribution < 1.29 is 10.2 Å². The van der Waals surface area contributed by atoms with Crippen LogP contribution in [-0.4, -0.2) is 10.2 Å². The molecule has 0 aromatic heterocycles. The summed E-state index contributed by atoms with van der Waals surface area (Å²) in [4.78, 5) is 0. The van der Waals surface area contributed by atoms with Crippen molar-refractivity contribution in [3.05, 3.63) is 144 Å². The van der Waals surface area contributed by atoms with Crippen molar-refractivity contribution in [1.29, 1.82) is 0 Å². The Bertz CT molecular complexity index is 1650. The molecule has 0 spiro atoms. The number of benzene rings is 6. The first kappa shape index (κ1) is 19.9. The first-order chi connectivity index (χ1) is 17.2. The van der Waals surface area contributed by atoms with Gasteiger partial charge in [0.15, 0.2) is 0 Å². The first-order valence-electron chi connectivity index (χ1n) is 11.8. The Hall–Kier alpha value is -4.56. The van der Waals surface area contributed by atoms with Crippen molar-refractivity contribution in [2.75, 3.05) is 0 Å². The standard InChI is InChI=1S/C33H22O2/c34-31-13-5-7-21-19-23(15-17-25(21)31)33(24-16-18-26-22(20-24)8-6-14-32(26)35)29-11-3-1-9-27(29)28-10-2-4-12-30(28)33/h1-20,34-35H. The van der Waals surface area contributed by atoms with Crippen LogP contribution in [0.4, 0.5) is 0 Å². The van der Waals surface area contributed by atoms with Gasteiger partial charge in [0, 0.05) is 10.8 Å². The van der Waals surface area contributed by atoms with Gasteiger partial charge < -0.3 is 10.2 Å². The van der Waals surface area contributed by atoms with Crippen LogP contribution in [0.25, 0.3) is 32.7 Å². The quantitative estimate of drug-likeness (QED) is 0.282. The lowest BCUT2D eigenvalue weighted by Crippen LogP contribution is -2.28. The summed E-state index contributed by atoms with van der Waals surface area (Å²) in [7, 11) is 0. The minimum absolute atomic E-state index is 0.288. The number of phenols is 2. The van der Waals surface area contributed by atoms with Crippen LogP contribution >= 0.6 is 0 Å². The monoisotopic (exact) mass is 450 g/mol.